The molecular weight excluding hydrogens is 242 g/mol. The average Bonchev–Trinajstić information content (AvgIpc) is 2.60. The van der Waals surface area contributed by atoms with Crippen LogP contribution >= 0.6 is 23.2 Å². The van der Waals surface area contributed by atoms with Gasteiger partial charge in [-0.3, -0.25) is 4.57 Å². The maximum atomic E-state index is 13.0. The predicted octanol–water partition coefficient (Wildman–Crippen LogP) is 2.42. The van der Waals surface area contributed by atoms with Crippen LogP contribution in [0.15, 0.2) is 12.4 Å². The fourth-order valence-corrected chi connectivity index (χ4v) is 1.46. The van der Waals surface area contributed by atoms with E-state index in [1.165, 1.54) is 0 Å². The van der Waals surface area contributed by atoms with Crippen molar-refractivity contribution in [2.75, 3.05) is 0 Å². The third kappa shape index (κ3) is 1.80. The first-order valence-electron chi connectivity index (χ1n) is 3.98. The minimum atomic E-state index is -0.820. The molecule has 0 aliphatic heterocycles. The van der Waals surface area contributed by atoms with Crippen molar-refractivity contribution in [1.82, 2.24) is 19.5 Å². The van der Waals surface area contributed by atoms with Gasteiger partial charge in [0.1, 0.15) is 5.82 Å². The summed E-state index contributed by atoms with van der Waals surface area (Å²) < 4.78 is 14.6. The highest BCUT2D eigenvalue weighted by Gasteiger charge is 2.12. The van der Waals surface area contributed by atoms with E-state index in [9.17, 15) is 4.39 Å². The topological polar surface area (TPSA) is 43.6 Å². The van der Waals surface area contributed by atoms with Crippen molar-refractivity contribution in [1.29, 1.82) is 0 Å². The Balaban J connectivity index is 2.60. The summed E-state index contributed by atoms with van der Waals surface area (Å²) in [5.74, 6) is 0.0370. The molecule has 2 rings (SSSR count). The smallest absolute Gasteiger partial charge is 0.238 e. The molecule has 0 fully saturated rings. The maximum Gasteiger partial charge on any atom is 0.238 e. The lowest BCUT2D eigenvalue weighted by Crippen LogP contribution is -2.04. The Morgan fingerprint density at radius 1 is 1.27 bits per heavy atom. The van der Waals surface area contributed by atoms with Gasteiger partial charge >= 0.3 is 0 Å². The first-order valence-corrected chi connectivity index (χ1v) is 4.74. The van der Waals surface area contributed by atoms with Crippen molar-refractivity contribution in [2.45, 2.75) is 6.92 Å². The van der Waals surface area contributed by atoms with Gasteiger partial charge < -0.3 is 0 Å². The van der Waals surface area contributed by atoms with Gasteiger partial charge in [0.25, 0.3) is 0 Å². The molecule has 0 aliphatic carbocycles. The predicted molar refractivity (Wildman–Crippen MR) is 53.9 cm³/mol. The van der Waals surface area contributed by atoms with Crippen molar-refractivity contribution < 1.29 is 4.39 Å². The van der Waals surface area contributed by atoms with Gasteiger partial charge in [0.05, 0.1) is 0 Å². The van der Waals surface area contributed by atoms with Crippen LogP contribution < -0.4 is 0 Å². The largest absolute Gasteiger partial charge is 0.272 e. The molecule has 0 atom stereocenters. The second-order valence-corrected chi connectivity index (χ2v) is 3.48. The van der Waals surface area contributed by atoms with Gasteiger partial charge in [0.2, 0.25) is 5.95 Å². The quantitative estimate of drug-likeness (QED) is 0.727. The molecule has 7 heteroatoms. The Kier molecular flexibility index (Phi) is 2.58. The van der Waals surface area contributed by atoms with E-state index in [-0.39, 0.29) is 16.3 Å². The van der Waals surface area contributed by atoms with E-state index in [4.69, 9.17) is 23.2 Å². The molecule has 2 aromatic heterocycles. The Morgan fingerprint density at radius 3 is 2.33 bits per heavy atom. The van der Waals surface area contributed by atoms with Crippen LogP contribution in [-0.2, 0) is 0 Å². The Bertz CT molecular complexity index is 488. The first kappa shape index (κ1) is 10.3. The third-order valence-corrected chi connectivity index (χ3v) is 2.30. The molecule has 0 N–H and O–H groups in total. The molecule has 15 heavy (non-hydrogen) atoms. The van der Waals surface area contributed by atoms with Crippen LogP contribution in [0.3, 0.4) is 0 Å². The monoisotopic (exact) mass is 246 g/mol. The second kappa shape index (κ2) is 3.75. The van der Waals surface area contributed by atoms with Crippen LogP contribution in [0.1, 0.15) is 5.82 Å². The molecule has 2 heterocycles. The molecule has 0 aliphatic rings. The number of halogens is 3. The van der Waals surface area contributed by atoms with Crippen molar-refractivity contribution in [3.05, 3.63) is 34.3 Å². The van der Waals surface area contributed by atoms with Crippen LogP contribution in [0.2, 0.25) is 10.3 Å². The van der Waals surface area contributed by atoms with Gasteiger partial charge in [-0.05, 0) is 6.92 Å². The van der Waals surface area contributed by atoms with E-state index in [2.05, 4.69) is 15.0 Å². The van der Waals surface area contributed by atoms with E-state index in [1.807, 2.05) is 0 Å². The Morgan fingerprint density at radius 2 is 1.87 bits per heavy atom. The van der Waals surface area contributed by atoms with E-state index in [1.54, 1.807) is 23.9 Å². The molecule has 0 spiro atoms. The lowest BCUT2D eigenvalue weighted by molar-refractivity contribution is 0.611. The van der Waals surface area contributed by atoms with Crippen LogP contribution in [0, 0.1) is 12.7 Å². The van der Waals surface area contributed by atoms with Gasteiger partial charge in [0, 0.05) is 12.4 Å². The zero-order valence-corrected chi connectivity index (χ0v) is 9.09. The lowest BCUT2D eigenvalue weighted by Gasteiger charge is -2.04. The van der Waals surface area contributed by atoms with Crippen molar-refractivity contribution in [3.63, 3.8) is 0 Å². The molecule has 0 saturated heterocycles. The standard InChI is InChI=1S/C8H5Cl2FN4/c1-4-12-2-3-15(4)8-13-6(9)5(11)7(10)14-8/h2-3H,1H3. The first-order chi connectivity index (χ1) is 7.09. The zero-order chi connectivity index (χ0) is 11.0. The Hall–Kier alpha value is -1.20. The summed E-state index contributed by atoms with van der Waals surface area (Å²) in [4.78, 5) is 11.5. The van der Waals surface area contributed by atoms with E-state index >= 15 is 0 Å². The number of imidazole rings is 1. The average molecular weight is 247 g/mol. The number of aryl methyl sites for hydroxylation is 1. The molecule has 78 valence electrons. The van der Waals surface area contributed by atoms with Crippen molar-refractivity contribution in [2.24, 2.45) is 0 Å². The van der Waals surface area contributed by atoms with Gasteiger partial charge in [-0.2, -0.15) is 9.97 Å². The summed E-state index contributed by atoms with van der Waals surface area (Å²) in [5, 5.41) is -0.615. The van der Waals surface area contributed by atoms with Crippen molar-refractivity contribution in [3.8, 4) is 5.95 Å². The summed E-state index contributed by atoms with van der Waals surface area (Å²) in [7, 11) is 0. The third-order valence-electron chi connectivity index (χ3n) is 1.80. The van der Waals surface area contributed by atoms with E-state index in [0.717, 1.165) is 0 Å². The van der Waals surface area contributed by atoms with Gasteiger partial charge in [-0.15, -0.1) is 0 Å². The highest BCUT2D eigenvalue weighted by Crippen LogP contribution is 2.20. The summed E-state index contributed by atoms with van der Waals surface area (Å²) >= 11 is 11.1. The number of hydrogen-bond acceptors (Lipinski definition) is 3. The summed E-state index contributed by atoms with van der Waals surface area (Å²) in [5.41, 5.74) is 0. The molecule has 4 nitrogen and oxygen atoms in total. The highest BCUT2D eigenvalue weighted by atomic mass is 35.5. The van der Waals surface area contributed by atoms with Crippen LogP contribution in [0.4, 0.5) is 4.39 Å². The number of aromatic nitrogens is 4. The summed E-state index contributed by atoms with van der Waals surface area (Å²) in [6, 6.07) is 0. The molecule has 0 radical (unpaired) electrons. The van der Waals surface area contributed by atoms with Crippen LogP contribution in [0.5, 0.6) is 0 Å². The minimum absolute atomic E-state index is 0.196. The molecule has 0 aromatic carbocycles. The zero-order valence-electron chi connectivity index (χ0n) is 7.58. The van der Waals surface area contributed by atoms with Gasteiger partial charge in [-0.25, -0.2) is 9.37 Å². The maximum absolute atomic E-state index is 13.0. The minimum Gasteiger partial charge on any atom is -0.272 e. The highest BCUT2D eigenvalue weighted by molar-refractivity contribution is 6.33. The fourth-order valence-electron chi connectivity index (χ4n) is 1.08. The molecular formula is C8H5Cl2FN4. The molecule has 0 unspecified atom stereocenters. The molecule has 0 saturated carbocycles. The van der Waals surface area contributed by atoms with E-state index in [0.29, 0.717) is 5.82 Å². The number of nitrogens with zero attached hydrogens (tertiary/aromatic N) is 4. The molecule has 0 bridgehead atoms. The van der Waals surface area contributed by atoms with Gasteiger partial charge in [-0.1, -0.05) is 23.2 Å². The lowest BCUT2D eigenvalue weighted by atomic mass is 10.6. The number of rotatable bonds is 1. The van der Waals surface area contributed by atoms with Crippen molar-refractivity contribution >= 4 is 23.2 Å². The summed E-state index contributed by atoms with van der Waals surface area (Å²) in [6.45, 7) is 1.76. The SMILES string of the molecule is Cc1nccn1-c1nc(Cl)c(F)c(Cl)n1. The molecule has 0 amide bonds. The van der Waals surface area contributed by atoms with Gasteiger partial charge in [0.15, 0.2) is 16.1 Å². The fraction of sp³-hybridized carbons (Fsp3) is 0.125. The van der Waals surface area contributed by atoms with Crippen LogP contribution in [0.25, 0.3) is 5.95 Å². The second-order valence-electron chi connectivity index (χ2n) is 2.76. The number of hydrogen-bond donors (Lipinski definition) is 0. The van der Waals surface area contributed by atoms with Crippen LogP contribution in [-0.4, -0.2) is 19.5 Å². The summed E-state index contributed by atoms with van der Waals surface area (Å²) in [6.07, 6.45) is 3.21. The normalized spacial score (nSPS) is 10.7. The Labute approximate surface area is 94.7 Å². The van der Waals surface area contributed by atoms with E-state index < -0.39 is 5.82 Å². The molecule has 2 aromatic rings.